The van der Waals surface area contributed by atoms with E-state index in [1.165, 1.54) is 24.4 Å². The Labute approximate surface area is 139 Å². The van der Waals surface area contributed by atoms with E-state index in [4.69, 9.17) is 5.11 Å². The van der Waals surface area contributed by atoms with Crippen molar-refractivity contribution in [3.05, 3.63) is 40.9 Å². The molecule has 0 unspecified atom stereocenters. The Hall–Kier alpha value is -3.41. The van der Waals surface area contributed by atoms with E-state index in [1.807, 2.05) is 0 Å². The lowest BCUT2D eigenvalue weighted by Crippen LogP contribution is -2.15. The van der Waals surface area contributed by atoms with Crippen molar-refractivity contribution in [3.8, 4) is 11.7 Å². The fraction of sp³-hybridized carbons (Fsp3) is 0.0769. The molecule has 3 aromatic rings. The van der Waals surface area contributed by atoms with Crippen LogP contribution < -0.4 is 15.0 Å². The van der Waals surface area contributed by atoms with E-state index in [2.05, 4.69) is 24.5 Å². The average molecular weight is 365 g/mol. The van der Waals surface area contributed by atoms with Gasteiger partial charge in [-0.15, -0.1) is 0 Å². The normalized spacial score (nSPS) is 11.4. The van der Waals surface area contributed by atoms with Crippen LogP contribution in [0.1, 0.15) is 0 Å². The van der Waals surface area contributed by atoms with Gasteiger partial charge in [0.2, 0.25) is 16.0 Å². The third-order valence-electron chi connectivity index (χ3n) is 2.98. The van der Waals surface area contributed by atoms with Gasteiger partial charge in [-0.1, -0.05) is 0 Å². The van der Waals surface area contributed by atoms with Gasteiger partial charge in [0.15, 0.2) is 5.75 Å². The maximum absolute atomic E-state index is 12.2. The van der Waals surface area contributed by atoms with Gasteiger partial charge in [0.25, 0.3) is 5.56 Å². The number of H-pyrrole nitrogens is 1. The number of sulfonamides is 1. The summed E-state index contributed by atoms with van der Waals surface area (Å²) in [6.45, 7) is 0. The van der Waals surface area contributed by atoms with Crippen LogP contribution in [0.4, 0.5) is 10.5 Å². The van der Waals surface area contributed by atoms with Gasteiger partial charge >= 0.3 is 6.16 Å². The first-order valence-electron chi connectivity index (χ1n) is 6.69. The molecule has 2 heterocycles. The number of anilines is 1. The summed E-state index contributed by atoms with van der Waals surface area (Å²) in [5.74, 6) is 0.00417. The van der Waals surface area contributed by atoms with Crippen molar-refractivity contribution < 1.29 is 23.1 Å². The molecule has 0 aliphatic heterocycles. The second-order valence-electron chi connectivity index (χ2n) is 4.98. The highest BCUT2D eigenvalue weighted by atomic mass is 32.2. The first kappa shape index (κ1) is 16.4. The molecule has 0 amide bonds. The van der Waals surface area contributed by atoms with Gasteiger partial charge in [-0.05, 0) is 18.2 Å². The van der Waals surface area contributed by atoms with Gasteiger partial charge in [0.1, 0.15) is 0 Å². The molecule has 0 atom stereocenters. The number of hydrogen-bond donors (Lipinski definition) is 3. The smallest absolute Gasteiger partial charge is 0.449 e. The molecular weight excluding hydrogens is 354 g/mol. The number of hydrogen-bond acceptors (Lipinski definition) is 7. The SMILES string of the molecule is CS(=O)(=O)Nc1ccc2nc(-n3cc(OC(=O)O)cn3)[nH]c(=O)c2c1. The van der Waals surface area contributed by atoms with Crippen LogP contribution in [0.15, 0.2) is 35.4 Å². The fourth-order valence-corrected chi connectivity index (χ4v) is 2.64. The number of nitrogens with one attached hydrogen (secondary N) is 2. The van der Waals surface area contributed by atoms with Crippen LogP contribution in [0.2, 0.25) is 0 Å². The number of rotatable bonds is 4. The van der Waals surface area contributed by atoms with Crippen molar-refractivity contribution in [3.63, 3.8) is 0 Å². The van der Waals surface area contributed by atoms with Crippen molar-refractivity contribution in [2.24, 2.45) is 0 Å². The van der Waals surface area contributed by atoms with Gasteiger partial charge in [0, 0.05) is 5.69 Å². The predicted molar refractivity (Wildman–Crippen MR) is 86.6 cm³/mol. The molecular formula is C13H11N5O6S. The van der Waals surface area contributed by atoms with Crippen molar-refractivity contribution in [1.82, 2.24) is 19.7 Å². The van der Waals surface area contributed by atoms with E-state index in [9.17, 15) is 18.0 Å². The summed E-state index contributed by atoms with van der Waals surface area (Å²) in [6.07, 6.45) is 1.89. The molecule has 130 valence electrons. The third kappa shape index (κ3) is 3.74. The molecule has 3 rings (SSSR count). The Morgan fingerprint density at radius 3 is 2.84 bits per heavy atom. The molecule has 3 N–H and O–H groups in total. The molecule has 12 heteroatoms. The zero-order valence-corrected chi connectivity index (χ0v) is 13.4. The zero-order chi connectivity index (χ0) is 18.2. The molecule has 2 aromatic heterocycles. The predicted octanol–water partition coefficient (Wildman–Crippen LogP) is 0.537. The van der Waals surface area contributed by atoms with Gasteiger partial charge in [-0.3, -0.25) is 14.5 Å². The molecule has 0 bridgehead atoms. The van der Waals surface area contributed by atoms with E-state index in [-0.39, 0.29) is 22.8 Å². The number of aromatic amines is 1. The third-order valence-corrected chi connectivity index (χ3v) is 3.58. The molecule has 0 aliphatic carbocycles. The first-order chi connectivity index (χ1) is 11.7. The molecule has 25 heavy (non-hydrogen) atoms. The number of benzene rings is 1. The van der Waals surface area contributed by atoms with Crippen molar-refractivity contribution in [2.45, 2.75) is 0 Å². The lowest BCUT2D eigenvalue weighted by Gasteiger charge is -2.06. The summed E-state index contributed by atoms with van der Waals surface area (Å²) in [6, 6.07) is 4.29. The van der Waals surface area contributed by atoms with Gasteiger partial charge in [-0.2, -0.15) is 5.10 Å². The standard InChI is InChI=1S/C13H11N5O6S/c1-25(22,23)17-7-2-3-10-9(4-7)11(19)16-12(15-10)18-6-8(5-14-18)24-13(20)21/h2-6,17H,1H3,(H,20,21)(H,15,16,19). The summed E-state index contributed by atoms with van der Waals surface area (Å²) >= 11 is 0. The van der Waals surface area contributed by atoms with Gasteiger partial charge < -0.3 is 9.84 Å². The van der Waals surface area contributed by atoms with E-state index >= 15 is 0 Å². The van der Waals surface area contributed by atoms with Crippen LogP contribution in [-0.2, 0) is 10.0 Å². The average Bonchev–Trinajstić information content (AvgIpc) is 2.94. The van der Waals surface area contributed by atoms with E-state index in [1.54, 1.807) is 0 Å². The summed E-state index contributed by atoms with van der Waals surface area (Å²) in [7, 11) is -3.48. The maximum atomic E-state index is 12.2. The monoisotopic (exact) mass is 365 g/mol. The molecule has 1 aromatic carbocycles. The highest BCUT2D eigenvalue weighted by Gasteiger charge is 2.11. The second-order valence-corrected chi connectivity index (χ2v) is 6.73. The summed E-state index contributed by atoms with van der Waals surface area (Å²) in [5.41, 5.74) is 0.00800. The fourth-order valence-electron chi connectivity index (χ4n) is 2.09. The molecule has 0 aliphatic rings. The van der Waals surface area contributed by atoms with Crippen LogP contribution in [0.3, 0.4) is 0 Å². The van der Waals surface area contributed by atoms with Crippen LogP contribution in [0.25, 0.3) is 16.9 Å². The largest absolute Gasteiger partial charge is 0.511 e. The van der Waals surface area contributed by atoms with Crippen LogP contribution >= 0.6 is 0 Å². The molecule has 0 fully saturated rings. The minimum absolute atomic E-state index is 0.0389. The first-order valence-corrected chi connectivity index (χ1v) is 8.58. The lowest BCUT2D eigenvalue weighted by molar-refractivity contribution is 0.144. The van der Waals surface area contributed by atoms with E-state index < -0.39 is 21.7 Å². The highest BCUT2D eigenvalue weighted by Crippen LogP contribution is 2.17. The Kier molecular flexibility index (Phi) is 3.88. The van der Waals surface area contributed by atoms with Crippen molar-refractivity contribution >= 4 is 32.8 Å². The topological polar surface area (TPSA) is 156 Å². The molecule has 11 nitrogen and oxygen atoms in total. The Balaban J connectivity index is 2.02. The van der Waals surface area contributed by atoms with Crippen LogP contribution in [0, 0.1) is 0 Å². The van der Waals surface area contributed by atoms with E-state index in [0.29, 0.717) is 5.52 Å². The second kappa shape index (κ2) is 5.90. The minimum Gasteiger partial charge on any atom is -0.449 e. The molecule has 0 radical (unpaired) electrons. The zero-order valence-electron chi connectivity index (χ0n) is 12.6. The van der Waals surface area contributed by atoms with Crippen LogP contribution in [0.5, 0.6) is 5.75 Å². The number of carbonyl (C=O) groups is 1. The van der Waals surface area contributed by atoms with Crippen molar-refractivity contribution in [2.75, 3.05) is 11.0 Å². The summed E-state index contributed by atoms with van der Waals surface area (Å²) in [4.78, 5) is 29.4. The quantitative estimate of drug-likeness (QED) is 0.565. The maximum Gasteiger partial charge on any atom is 0.511 e. The van der Waals surface area contributed by atoms with Gasteiger partial charge in [-0.25, -0.2) is 22.9 Å². The summed E-state index contributed by atoms with van der Waals surface area (Å²) < 4.78 is 30.4. The molecule has 0 spiro atoms. The Bertz CT molecular complexity index is 1130. The minimum atomic E-state index is -3.48. The number of carboxylic acid groups (broad SMARTS) is 1. The van der Waals surface area contributed by atoms with Crippen LogP contribution in [-0.4, -0.2) is 45.7 Å². The summed E-state index contributed by atoms with van der Waals surface area (Å²) in [5, 5.41) is 12.6. The Morgan fingerprint density at radius 1 is 1.40 bits per heavy atom. The van der Waals surface area contributed by atoms with E-state index in [0.717, 1.165) is 17.1 Å². The lowest BCUT2D eigenvalue weighted by atomic mass is 10.2. The highest BCUT2D eigenvalue weighted by molar-refractivity contribution is 7.92. The Morgan fingerprint density at radius 2 is 2.16 bits per heavy atom. The number of aromatic nitrogens is 4. The number of nitrogens with zero attached hydrogens (tertiary/aromatic N) is 3. The van der Waals surface area contributed by atoms with Gasteiger partial charge in [0.05, 0.1) is 29.6 Å². The molecule has 0 saturated heterocycles. The van der Waals surface area contributed by atoms with Crippen molar-refractivity contribution in [1.29, 1.82) is 0 Å². The number of fused-ring (bicyclic) bond motifs is 1. The number of ether oxygens (including phenoxy) is 1. The molecule has 0 saturated carbocycles.